The smallest absolute Gasteiger partial charge is 0.233 e. The Labute approximate surface area is 182 Å². The fourth-order valence-electron chi connectivity index (χ4n) is 4.45. The van der Waals surface area contributed by atoms with Gasteiger partial charge in [-0.25, -0.2) is 0 Å². The summed E-state index contributed by atoms with van der Waals surface area (Å²) in [5.74, 6) is 0.909. The molecule has 29 heavy (non-hydrogen) atoms. The van der Waals surface area contributed by atoms with Gasteiger partial charge in [0.15, 0.2) is 11.0 Å². The van der Waals surface area contributed by atoms with Crippen molar-refractivity contribution in [2.75, 3.05) is 0 Å². The Kier molecular flexibility index (Phi) is 6.81. The molecule has 2 saturated carbocycles. The number of carbonyl (C=O) groups excluding carboxylic acids is 1. The summed E-state index contributed by atoms with van der Waals surface area (Å²) in [7, 11) is 0. The first-order valence-electron chi connectivity index (χ1n) is 10.8. The van der Waals surface area contributed by atoms with E-state index in [4.69, 9.17) is 11.6 Å². The molecule has 156 valence electrons. The minimum absolute atomic E-state index is 0.0992. The molecule has 4 rings (SSSR count). The number of carbonyl (C=O) groups is 1. The summed E-state index contributed by atoms with van der Waals surface area (Å²) in [5, 5.41) is 13.5. The van der Waals surface area contributed by atoms with Gasteiger partial charge < -0.3 is 5.32 Å². The van der Waals surface area contributed by atoms with Crippen molar-refractivity contribution in [2.24, 2.45) is 0 Å². The molecule has 2 fully saturated rings. The maximum Gasteiger partial charge on any atom is 0.233 e. The topological polar surface area (TPSA) is 59.8 Å². The summed E-state index contributed by atoms with van der Waals surface area (Å²) in [6, 6.07) is 8.47. The number of rotatable bonds is 6. The molecule has 0 radical (unpaired) electrons. The minimum atomic E-state index is -0.208. The molecule has 7 heteroatoms. The summed E-state index contributed by atoms with van der Waals surface area (Å²) in [6.45, 7) is 1.96. The van der Waals surface area contributed by atoms with Crippen molar-refractivity contribution in [1.82, 2.24) is 20.1 Å². The molecule has 0 aliphatic heterocycles. The van der Waals surface area contributed by atoms with Crippen molar-refractivity contribution in [3.05, 3.63) is 29.3 Å². The van der Waals surface area contributed by atoms with E-state index in [2.05, 4.69) is 20.1 Å². The first kappa shape index (κ1) is 20.7. The van der Waals surface area contributed by atoms with E-state index in [0.29, 0.717) is 17.1 Å². The molecule has 0 bridgehead atoms. The van der Waals surface area contributed by atoms with Crippen LogP contribution in [0.15, 0.2) is 29.4 Å². The molecule has 0 saturated heterocycles. The highest BCUT2D eigenvalue weighted by molar-refractivity contribution is 8.00. The number of nitrogens with zero attached hydrogens (tertiary/aromatic N) is 3. The summed E-state index contributed by atoms with van der Waals surface area (Å²) >= 11 is 7.97. The summed E-state index contributed by atoms with van der Waals surface area (Å²) < 4.78 is 2.23. The van der Waals surface area contributed by atoms with E-state index in [0.717, 1.165) is 42.2 Å². The van der Waals surface area contributed by atoms with Gasteiger partial charge in [-0.05, 0) is 44.7 Å². The molecular weight excluding hydrogens is 404 g/mol. The normalized spacial score (nSPS) is 19.4. The summed E-state index contributed by atoms with van der Waals surface area (Å²) in [6.07, 6.45) is 10.6. The van der Waals surface area contributed by atoms with Crippen LogP contribution >= 0.6 is 23.4 Å². The van der Waals surface area contributed by atoms with Crippen molar-refractivity contribution >= 4 is 29.3 Å². The first-order valence-corrected chi connectivity index (χ1v) is 12.1. The number of nitrogens with one attached hydrogen (secondary N) is 1. The van der Waals surface area contributed by atoms with Crippen LogP contribution in [0, 0.1) is 0 Å². The van der Waals surface area contributed by atoms with E-state index in [9.17, 15) is 4.79 Å². The van der Waals surface area contributed by atoms with Gasteiger partial charge in [0.05, 0.1) is 10.3 Å². The maximum absolute atomic E-state index is 12.8. The molecular formula is C22H29ClN4OS. The zero-order chi connectivity index (χ0) is 20.2. The van der Waals surface area contributed by atoms with Gasteiger partial charge in [-0.2, -0.15) is 0 Å². The number of hydrogen-bond acceptors (Lipinski definition) is 4. The van der Waals surface area contributed by atoms with Gasteiger partial charge in [-0.1, -0.05) is 67.6 Å². The highest BCUT2D eigenvalue weighted by atomic mass is 35.5. The summed E-state index contributed by atoms with van der Waals surface area (Å²) in [4.78, 5) is 12.8. The SMILES string of the molecule is CC(Sc1nnc(-c2ccccc2Cl)n1C1CCCC1)C(=O)NC1CCCCC1. The van der Waals surface area contributed by atoms with Gasteiger partial charge in [0, 0.05) is 17.6 Å². The molecule has 1 amide bonds. The molecule has 2 aromatic rings. The zero-order valence-electron chi connectivity index (χ0n) is 16.9. The number of hydrogen-bond donors (Lipinski definition) is 1. The van der Waals surface area contributed by atoms with E-state index < -0.39 is 0 Å². The van der Waals surface area contributed by atoms with Crippen LogP contribution in [0.3, 0.4) is 0 Å². The lowest BCUT2D eigenvalue weighted by Gasteiger charge is -2.24. The fraction of sp³-hybridized carbons (Fsp3) is 0.591. The Balaban J connectivity index is 1.55. The molecule has 2 aliphatic rings. The van der Waals surface area contributed by atoms with Gasteiger partial charge in [-0.3, -0.25) is 9.36 Å². The van der Waals surface area contributed by atoms with Gasteiger partial charge in [-0.15, -0.1) is 10.2 Å². The average Bonchev–Trinajstić information content (AvgIpc) is 3.39. The summed E-state index contributed by atoms with van der Waals surface area (Å²) in [5.41, 5.74) is 0.903. The van der Waals surface area contributed by atoms with Crippen molar-refractivity contribution in [2.45, 2.75) is 87.2 Å². The molecule has 1 unspecified atom stereocenters. The minimum Gasteiger partial charge on any atom is -0.352 e. The lowest BCUT2D eigenvalue weighted by atomic mass is 9.95. The number of thioether (sulfide) groups is 1. The molecule has 2 aliphatic carbocycles. The Morgan fingerprint density at radius 2 is 1.79 bits per heavy atom. The highest BCUT2D eigenvalue weighted by Crippen LogP contribution is 2.39. The molecule has 1 aromatic carbocycles. The van der Waals surface area contributed by atoms with Crippen LogP contribution in [0.2, 0.25) is 5.02 Å². The van der Waals surface area contributed by atoms with E-state index in [1.54, 1.807) is 0 Å². The Bertz CT molecular complexity index is 843. The number of benzene rings is 1. The van der Waals surface area contributed by atoms with Crippen LogP contribution < -0.4 is 5.32 Å². The Morgan fingerprint density at radius 3 is 2.52 bits per heavy atom. The molecule has 1 N–H and O–H groups in total. The van der Waals surface area contributed by atoms with Gasteiger partial charge >= 0.3 is 0 Å². The molecule has 0 spiro atoms. The molecule has 5 nitrogen and oxygen atoms in total. The van der Waals surface area contributed by atoms with E-state index in [1.807, 2.05) is 31.2 Å². The Hall–Kier alpha value is -1.53. The van der Waals surface area contributed by atoms with Crippen LogP contribution in [0.5, 0.6) is 0 Å². The van der Waals surface area contributed by atoms with Crippen LogP contribution in [0.1, 0.15) is 70.8 Å². The van der Waals surface area contributed by atoms with Crippen molar-refractivity contribution in [3.63, 3.8) is 0 Å². The second-order valence-corrected chi connectivity index (χ2v) is 9.91. The predicted molar refractivity (Wildman–Crippen MR) is 118 cm³/mol. The second-order valence-electron chi connectivity index (χ2n) is 8.20. The second kappa shape index (κ2) is 9.52. The van der Waals surface area contributed by atoms with Gasteiger partial charge in [0.25, 0.3) is 0 Å². The third kappa shape index (κ3) is 4.80. The van der Waals surface area contributed by atoms with Crippen LogP contribution in [0.4, 0.5) is 0 Å². The van der Waals surface area contributed by atoms with E-state index in [1.165, 1.54) is 43.9 Å². The monoisotopic (exact) mass is 432 g/mol. The predicted octanol–water partition coefficient (Wildman–Crippen LogP) is 5.64. The third-order valence-electron chi connectivity index (χ3n) is 6.07. The zero-order valence-corrected chi connectivity index (χ0v) is 18.5. The van der Waals surface area contributed by atoms with Crippen LogP contribution in [0.25, 0.3) is 11.4 Å². The Morgan fingerprint density at radius 1 is 1.10 bits per heavy atom. The van der Waals surface area contributed by atoms with Crippen molar-refractivity contribution < 1.29 is 4.79 Å². The lowest BCUT2D eigenvalue weighted by Crippen LogP contribution is -2.40. The quantitative estimate of drug-likeness (QED) is 0.599. The molecule has 1 heterocycles. The van der Waals surface area contributed by atoms with Gasteiger partial charge in [0.1, 0.15) is 0 Å². The average molecular weight is 433 g/mol. The van der Waals surface area contributed by atoms with Crippen molar-refractivity contribution in [1.29, 1.82) is 0 Å². The van der Waals surface area contributed by atoms with Crippen molar-refractivity contribution in [3.8, 4) is 11.4 Å². The molecule has 1 aromatic heterocycles. The number of aromatic nitrogens is 3. The van der Waals surface area contributed by atoms with E-state index >= 15 is 0 Å². The highest BCUT2D eigenvalue weighted by Gasteiger charge is 2.28. The van der Waals surface area contributed by atoms with Gasteiger partial charge in [0.2, 0.25) is 5.91 Å². The first-order chi connectivity index (χ1) is 14.1. The third-order valence-corrected chi connectivity index (χ3v) is 7.46. The van der Waals surface area contributed by atoms with Crippen LogP contribution in [-0.2, 0) is 4.79 Å². The number of halogens is 1. The largest absolute Gasteiger partial charge is 0.352 e. The number of amides is 1. The standard InChI is InChI=1S/C22H29ClN4OS/c1-15(21(28)24-16-9-3-2-4-10-16)29-22-26-25-20(18-13-7-8-14-19(18)23)27(22)17-11-5-6-12-17/h7-8,13-17H,2-6,9-12H2,1H3,(H,24,28). The lowest BCUT2D eigenvalue weighted by molar-refractivity contribution is -0.121. The molecule has 1 atom stereocenters. The maximum atomic E-state index is 12.8. The van der Waals surface area contributed by atoms with E-state index in [-0.39, 0.29) is 11.2 Å². The fourth-order valence-corrected chi connectivity index (χ4v) is 5.60. The van der Waals surface area contributed by atoms with Crippen LogP contribution in [-0.4, -0.2) is 32.0 Å².